The minimum atomic E-state index is 0.723. The van der Waals surface area contributed by atoms with Crippen molar-refractivity contribution in [2.45, 2.75) is 0 Å². The van der Waals surface area contributed by atoms with Crippen molar-refractivity contribution in [3.63, 3.8) is 0 Å². The first-order valence-corrected chi connectivity index (χ1v) is 5.51. The Morgan fingerprint density at radius 3 is 2.53 bits per heavy atom. The normalized spacial score (nSPS) is 10.6. The van der Waals surface area contributed by atoms with Gasteiger partial charge in [-0.2, -0.15) is 0 Å². The Bertz CT molecular complexity index is 668. The van der Waals surface area contributed by atoms with Crippen LogP contribution in [0.5, 0.6) is 0 Å². The average molecular weight is 221 g/mol. The highest BCUT2D eigenvalue weighted by Gasteiger charge is 2.05. The Hall–Kier alpha value is -2.35. The molecule has 2 nitrogen and oxygen atoms in total. The van der Waals surface area contributed by atoms with Crippen molar-refractivity contribution in [1.29, 1.82) is 0 Å². The summed E-state index contributed by atoms with van der Waals surface area (Å²) in [7, 11) is 0. The molecule has 0 aliphatic heterocycles. The molecule has 0 unspecified atom stereocenters. The summed E-state index contributed by atoms with van der Waals surface area (Å²) in [6, 6.07) is 17.8. The zero-order chi connectivity index (χ0) is 11.7. The number of aromatic nitrogens is 1. The van der Waals surface area contributed by atoms with Crippen molar-refractivity contribution in [1.82, 2.24) is 4.98 Å². The molecule has 0 spiro atoms. The van der Waals surface area contributed by atoms with Crippen LogP contribution in [-0.4, -0.2) is 11.3 Å². The molecule has 0 fully saturated rings. The van der Waals surface area contributed by atoms with Crippen molar-refractivity contribution in [3.05, 3.63) is 60.2 Å². The van der Waals surface area contributed by atoms with Crippen molar-refractivity contribution in [2.24, 2.45) is 0 Å². The molecule has 3 aromatic rings. The molecular weight excluding hydrogens is 210 g/mol. The summed E-state index contributed by atoms with van der Waals surface area (Å²) in [6.07, 6.45) is 0.894. The molecule has 0 saturated heterocycles. The maximum atomic E-state index is 11.0. The fourth-order valence-corrected chi connectivity index (χ4v) is 2.05. The topological polar surface area (TPSA) is 32.9 Å². The third kappa shape index (κ3) is 1.64. The molecule has 3 rings (SSSR count). The molecule has 17 heavy (non-hydrogen) atoms. The van der Waals surface area contributed by atoms with Gasteiger partial charge in [-0.3, -0.25) is 4.79 Å². The lowest BCUT2D eigenvalue weighted by molar-refractivity contribution is 0.112. The van der Waals surface area contributed by atoms with Gasteiger partial charge in [0.2, 0.25) is 0 Å². The number of rotatable bonds is 2. The fourth-order valence-electron chi connectivity index (χ4n) is 2.05. The lowest BCUT2D eigenvalue weighted by Gasteiger charge is -1.94. The van der Waals surface area contributed by atoms with Crippen LogP contribution < -0.4 is 0 Å². The zero-order valence-electron chi connectivity index (χ0n) is 9.18. The van der Waals surface area contributed by atoms with Crippen LogP contribution in [0, 0.1) is 0 Å². The molecule has 2 heteroatoms. The van der Waals surface area contributed by atoms with Gasteiger partial charge in [0.1, 0.15) is 0 Å². The van der Waals surface area contributed by atoms with Gasteiger partial charge in [0, 0.05) is 22.2 Å². The number of aromatic amines is 1. The molecule has 0 atom stereocenters. The van der Waals surface area contributed by atoms with E-state index in [0.29, 0.717) is 0 Å². The van der Waals surface area contributed by atoms with Gasteiger partial charge in [-0.25, -0.2) is 0 Å². The minimum absolute atomic E-state index is 0.723. The molecule has 1 aromatic heterocycles. The lowest BCUT2D eigenvalue weighted by Crippen LogP contribution is -1.78. The third-order valence-electron chi connectivity index (χ3n) is 2.91. The highest BCUT2D eigenvalue weighted by Crippen LogP contribution is 2.25. The van der Waals surface area contributed by atoms with Gasteiger partial charge in [0.15, 0.2) is 6.29 Å². The second-order valence-electron chi connectivity index (χ2n) is 3.98. The van der Waals surface area contributed by atoms with Crippen LogP contribution in [0.1, 0.15) is 10.4 Å². The van der Waals surface area contributed by atoms with Crippen LogP contribution in [0.2, 0.25) is 0 Å². The van der Waals surface area contributed by atoms with Gasteiger partial charge in [0.25, 0.3) is 0 Å². The molecule has 1 heterocycles. The number of hydrogen-bond acceptors (Lipinski definition) is 1. The number of nitrogens with one attached hydrogen (secondary N) is 1. The Morgan fingerprint density at radius 1 is 0.941 bits per heavy atom. The van der Waals surface area contributed by atoms with E-state index in [0.717, 1.165) is 34.0 Å². The van der Waals surface area contributed by atoms with E-state index in [2.05, 4.69) is 4.98 Å². The van der Waals surface area contributed by atoms with E-state index in [-0.39, 0.29) is 0 Å². The SMILES string of the molecule is O=Cc1cccc2[nH]c(-c3ccccc3)cc12. The number of H-pyrrole nitrogens is 1. The molecule has 0 amide bonds. The van der Waals surface area contributed by atoms with E-state index in [4.69, 9.17) is 0 Å². The van der Waals surface area contributed by atoms with Crippen molar-refractivity contribution in [3.8, 4) is 11.3 Å². The predicted octanol–water partition coefficient (Wildman–Crippen LogP) is 3.65. The van der Waals surface area contributed by atoms with E-state index < -0.39 is 0 Å². The van der Waals surface area contributed by atoms with Crippen molar-refractivity contribution < 1.29 is 4.79 Å². The number of carbonyl (C=O) groups excluding carboxylic acids is 1. The fraction of sp³-hybridized carbons (Fsp3) is 0. The molecular formula is C15H11NO. The number of aldehydes is 1. The summed E-state index contributed by atoms with van der Waals surface area (Å²) in [5, 5.41) is 0.973. The van der Waals surface area contributed by atoms with Crippen LogP contribution in [-0.2, 0) is 0 Å². The van der Waals surface area contributed by atoms with Crippen molar-refractivity contribution in [2.75, 3.05) is 0 Å². The second-order valence-corrected chi connectivity index (χ2v) is 3.98. The van der Waals surface area contributed by atoms with Crippen LogP contribution in [0.25, 0.3) is 22.2 Å². The molecule has 0 bridgehead atoms. The molecule has 0 saturated carbocycles. The molecule has 82 valence electrons. The van der Waals surface area contributed by atoms with E-state index >= 15 is 0 Å². The largest absolute Gasteiger partial charge is 0.355 e. The first-order valence-electron chi connectivity index (χ1n) is 5.51. The van der Waals surface area contributed by atoms with Gasteiger partial charge >= 0.3 is 0 Å². The molecule has 1 N–H and O–H groups in total. The Morgan fingerprint density at radius 2 is 1.76 bits per heavy atom. The predicted molar refractivity (Wildman–Crippen MR) is 69.1 cm³/mol. The maximum Gasteiger partial charge on any atom is 0.150 e. The second kappa shape index (κ2) is 3.91. The lowest BCUT2D eigenvalue weighted by atomic mass is 10.1. The van der Waals surface area contributed by atoms with Gasteiger partial charge in [-0.15, -0.1) is 0 Å². The van der Waals surface area contributed by atoms with Crippen LogP contribution in [0.4, 0.5) is 0 Å². The van der Waals surface area contributed by atoms with Crippen molar-refractivity contribution >= 4 is 17.2 Å². The maximum absolute atomic E-state index is 11.0. The summed E-state index contributed by atoms with van der Waals surface area (Å²) < 4.78 is 0. The number of benzene rings is 2. The standard InChI is InChI=1S/C15H11NO/c17-10-12-7-4-8-14-13(12)9-15(16-14)11-5-2-1-3-6-11/h1-10,16H. The number of carbonyl (C=O) groups is 1. The quantitative estimate of drug-likeness (QED) is 0.658. The smallest absolute Gasteiger partial charge is 0.150 e. The van der Waals surface area contributed by atoms with Crippen LogP contribution in [0.3, 0.4) is 0 Å². The van der Waals surface area contributed by atoms with E-state index in [1.165, 1.54) is 0 Å². The van der Waals surface area contributed by atoms with E-state index in [9.17, 15) is 4.79 Å². The average Bonchev–Trinajstić information content (AvgIpc) is 2.83. The van der Waals surface area contributed by atoms with Gasteiger partial charge in [-0.05, 0) is 17.7 Å². The summed E-state index contributed by atoms with van der Waals surface area (Å²) in [5.41, 5.74) is 3.88. The monoisotopic (exact) mass is 221 g/mol. The third-order valence-corrected chi connectivity index (χ3v) is 2.91. The highest BCUT2D eigenvalue weighted by molar-refractivity contribution is 5.99. The first-order chi connectivity index (χ1) is 8.38. The van der Waals surface area contributed by atoms with Gasteiger partial charge in [-0.1, -0.05) is 42.5 Å². The zero-order valence-corrected chi connectivity index (χ0v) is 9.18. The molecule has 2 aromatic carbocycles. The minimum Gasteiger partial charge on any atom is -0.355 e. The number of fused-ring (bicyclic) bond motifs is 1. The molecule has 0 aliphatic rings. The van der Waals surface area contributed by atoms with E-state index in [1.54, 1.807) is 0 Å². The Labute approximate surface area is 98.9 Å². The van der Waals surface area contributed by atoms with Gasteiger partial charge in [0.05, 0.1) is 0 Å². The summed E-state index contributed by atoms with van der Waals surface area (Å²) in [5.74, 6) is 0. The Kier molecular flexibility index (Phi) is 2.26. The van der Waals surface area contributed by atoms with E-state index in [1.807, 2.05) is 54.6 Å². The first kappa shape index (κ1) is 9.85. The number of hydrogen-bond donors (Lipinski definition) is 1. The Balaban J connectivity index is 2.24. The van der Waals surface area contributed by atoms with Crippen LogP contribution in [0.15, 0.2) is 54.6 Å². The summed E-state index contributed by atoms with van der Waals surface area (Å²) in [4.78, 5) is 14.3. The highest BCUT2D eigenvalue weighted by atomic mass is 16.1. The molecule has 0 aliphatic carbocycles. The molecule has 0 radical (unpaired) electrons. The summed E-state index contributed by atoms with van der Waals surface area (Å²) in [6.45, 7) is 0. The van der Waals surface area contributed by atoms with Gasteiger partial charge < -0.3 is 4.98 Å². The summed E-state index contributed by atoms with van der Waals surface area (Å²) >= 11 is 0. The van der Waals surface area contributed by atoms with Crippen LogP contribution >= 0.6 is 0 Å².